The van der Waals surface area contributed by atoms with Gasteiger partial charge in [0.15, 0.2) is 5.65 Å². The highest BCUT2D eigenvalue weighted by Gasteiger charge is 2.10. The van der Waals surface area contributed by atoms with E-state index in [0.717, 1.165) is 11.0 Å². The average Bonchev–Trinajstić information content (AvgIpc) is 2.70. The number of hydrogen-bond donors (Lipinski definition) is 2. The number of nitrogens with zero attached hydrogens (tertiary/aromatic N) is 2. The van der Waals surface area contributed by atoms with Crippen molar-refractivity contribution in [3.05, 3.63) is 18.5 Å². The van der Waals surface area contributed by atoms with Crippen molar-refractivity contribution >= 4 is 16.7 Å². The van der Waals surface area contributed by atoms with Crippen LogP contribution in [0.3, 0.4) is 0 Å². The van der Waals surface area contributed by atoms with Crippen LogP contribution in [0, 0.1) is 0 Å². The van der Waals surface area contributed by atoms with Gasteiger partial charge in [0.05, 0.1) is 12.3 Å². The molecule has 14 heavy (non-hydrogen) atoms. The highest BCUT2D eigenvalue weighted by molar-refractivity contribution is 5.90. The van der Waals surface area contributed by atoms with E-state index in [2.05, 4.69) is 0 Å². The van der Waals surface area contributed by atoms with Gasteiger partial charge in [-0.25, -0.2) is 0 Å². The predicted octanol–water partition coefficient (Wildman–Crippen LogP) is 0.0757. The van der Waals surface area contributed by atoms with Crippen molar-refractivity contribution in [2.75, 3.05) is 19.5 Å². The Labute approximate surface area is 81.2 Å². The monoisotopic (exact) mass is 195 g/mol. The Hall–Kier alpha value is -1.62. The molecule has 5 nitrogen and oxygen atoms in total. The molecule has 2 rings (SSSR count). The summed E-state index contributed by atoms with van der Waals surface area (Å²) in [6.07, 6.45) is 3.60. The first kappa shape index (κ1) is 8.96. The van der Waals surface area contributed by atoms with E-state index < -0.39 is 0 Å². The van der Waals surface area contributed by atoms with Crippen molar-refractivity contribution in [1.29, 1.82) is 0 Å². The Morgan fingerprint density at radius 1 is 1.57 bits per heavy atom. The number of nitrogen functional groups attached to an aromatic ring is 1. The molecule has 0 aliphatic rings. The maximum atomic E-state index is 8.88. The minimum Gasteiger partial charge on any atom is -0.416 e. The van der Waals surface area contributed by atoms with Gasteiger partial charge in [-0.2, -0.15) is 4.73 Å². The Kier molecular flexibility index (Phi) is 2.09. The third-order valence-corrected chi connectivity index (χ3v) is 2.24. The second kappa shape index (κ2) is 3.26. The molecule has 76 valence electrons. The summed E-state index contributed by atoms with van der Waals surface area (Å²) >= 11 is 0. The van der Waals surface area contributed by atoms with Crippen molar-refractivity contribution in [2.45, 2.75) is 6.54 Å². The zero-order valence-electron chi connectivity index (χ0n) is 7.97. The molecule has 2 aromatic heterocycles. The van der Waals surface area contributed by atoms with E-state index in [4.69, 9.17) is 15.7 Å². The molecular formula is C9H13N3O2. The lowest BCUT2D eigenvalue weighted by molar-refractivity contribution is 0.174. The molecule has 0 aliphatic carbocycles. The molecule has 0 spiro atoms. The van der Waals surface area contributed by atoms with E-state index in [1.807, 2.05) is 10.6 Å². The van der Waals surface area contributed by atoms with Crippen molar-refractivity contribution < 1.29 is 9.94 Å². The largest absolute Gasteiger partial charge is 0.416 e. The molecule has 0 atom stereocenters. The van der Waals surface area contributed by atoms with Crippen LogP contribution < -0.4 is 10.6 Å². The third kappa shape index (κ3) is 1.13. The highest BCUT2D eigenvalue weighted by Crippen LogP contribution is 2.23. The number of anilines is 1. The number of aromatic nitrogens is 2. The van der Waals surface area contributed by atoms with Crippen LogP contribution in [0.15, 0.2) is 18.5 Å². The summed E-state index contributed by atoms with van der Waals surface area (Å²) < 4.78 is 3.50. The lowest BCUT2D eigenvalue weighted by atomic mass is 10.4. The molecule has 2 heterocycles. The summed E-state index contributed by atoms with van der Waals surface area (Å²) in [6.45, 7) is 0.596. The quantitative estimate of drug-likeness (QED) is 0.728. The van der Waals surface area contributed by atoms with Gasteiger partial charge in [0.1, 0.15) is 7.11 Å². The number of aliphatic hydroxyl groups is 1. The molecule has 2 aromatic rings. The van der Waals surface area contributed by atoms with Gasteiger partial charge in [0.2, 0.25) is 0 Å². The summed E-state index contributed by atoms with van der Waals surface area (Å²) in [5.41, 5.74) is 7.38. The summed E-state index contributed by atoms with van der Waals surface area (Å²) in [6, 6.07) is 1.89. The Morgan fingerprint density at radius 3 is 3.00 bits per heavy atom. The summed E-state index contributed by atoms with van der Waals surface area (Å²) in [4.78, 5) is 5.13. The molecule has 0 saturated heterocycles. The molecule has 0 bridgehead atoms. The van der Waals surface area contributed by atoms with Gasteiger partial charge in [-0.15, -0.1) is 0 Å². The van der Waals surface area contributed by atoms with Gasteiger partial charge in [-0.3, -0.25) is 0 Å². The first-order valence-corrected chi connectivity index (χ1v) is 4.39. The summed E-state index contributed by atoms with van der Waals surface area (Å²) in [7, 11) is 1.59. The number of hydrogen-bond acceptors (Lipinski definition) is 3. The van der Waals surface area contributed by atoms with Gasteiger partial charge >= 0.3 is 0 Å². The van der Waals surface area contributed by atoms with Gasteiger partial charge < -0.3 is 20.2 Å². The number of nitrogens with two attached hydrogens (primary N) is 1. The maximum Gasteiger partial charge on any atom is 0.158 e. The van der Waals surface area contributed by atoms with Crippen molar-refractivity contribution in [3.8, 4) is 0 Å². The zero-order chi connectivity index (χ0) is 10.1. The standard InChI is InChI=1S/C9H13N3O2/c1-14-12-3-2-7-8(10)6-11(4-5-13)9(7)12/h2-3,6,13H,4-5,10H2,1H3. The van der Waals surface area contributed by atoms with Crippen LogP contribution >= 0.6 is 0 Å². The second-order valence-electron chi connectivity index (χ2n) is 3.06. The van der Waals surface area contributed by atoms with Crippen LogP contribution in [0.1, 0.15) is 0 Å². The van der Waals surface area contributed by atoms with E-state index in [-0.39, 0.29) is 6.61 Å². The highest BCUT2D eigenvalue weighted by atomic mass is 16.6. The van der Waals surface area contributed by atoms with Crippen molar-refractivity contribution in [1.82, 2.24) is 9.30 Å². The van der Waals surface area contributed by atoms with Crippen LogP contribution in [0.5, 0.6) is 0 Å². The minimum absolute atomic E-state index is 0.0815. The molecule has 0 unspecified atom stereocenters. The van der Waals surface area contributed by atoms with E-state index in [1.54, 1.807) is 24.2 Å². The molecule has 3 N–H and O–H groups in total. The van der Waals surface area contributed by atoms with Crippen LogP contribution in [-0.2, 0) is 6.54 Å². The van der Waals surface area contributed by atoms with Gasteiger partial charge in [0, 0.05) is 24.3 Å². The summed E-state index contributed by atoms with van der Waals surface area (Å²) in [5, 5.41) is 9.82. The van der Waals surface area contributed by atoms with Crippen LogP contribution in [0.4, 0.5) is 5.69 Å². The van der Waals surface area contributed by atoms with E-state index in [1.165, 1.54) is 0 Å². The Morgan fingerprint density at radius 2 is 2.36 bits per heavy atom. The van der Waals surface area contributed by atoms with E-state index >= 15 is 0 Å². The van der Waals surface area contributed by atoms with Crippen LogP contribution in [0.25, 0.3) is 11.0 Å². The molecule has 0 amide bonds. The molecule has 0 saturated carbocycles. The fraction of sp³-hybridized carbons (Fsp3) is 0.333. The summed E-state index contributed by atoms with van der Waals surface area (Å²) in [5.74, 6) is 0. The number of fused-ring (bicyclic) bond motifs is 1. The lowest BCUT2D eigenvalue weighted by Gasteiger charge is -2.05. The first-order valence-electron chi connectivity index (χ1n) is 4.39. The fourth-order valence-corrected chi connectivity index (χ4v) is 1.64. The Bertz CT molecular complexity index is 444. The lowest BCUT2D eigenvalue weighted by Crippen LogP contribution is -2.09. The molecule has 0 fully saturated rings. The normalized spacial score (nSPS) is 11.0. The predicted molar refractivity (Wildman–Crippen MR) is 53.9 cm³/mol. The Balaban J connectivity index is 2.63. The van der Waals surface area contributed by atoms with Crippen LogP contribution in [-0.4, -0.2) is 28.1 Å². The van der Waals surface area contributed by atoms with Crippen LogP contribution in [0.2, 0.25) is 0 Å². The SMILES string of the molecule is COn1ccc2c(N)cn(CCO)c21. The zero-order valence-corrected chi connectivity index (χ0v) is 7.97. The topological polar surface area (TPSA) is 65.3 Å². The van der Waals surface area contributed by atoms with Gasteiger partial charge in [-0.05, 0) is 6.07 Å². The fourth-order valence-electron chi connectivity index (χ4n) is 1.64. The van der Waals surface area contributed by atoms with Crippen molar-refractivity contribution in [3.63, 3.8) is 0 Å². The second-order valence-corrected chi connectivity index (χ2v) is 3.06. The molecular weight excluding hydrogens is 182 g/mol. The van der Waals surface area contributed by atoms with Gasteiger partial charge in [-0.1, -0.05) is 0 Å². The van der Waals surface area contributed by atoms with Crippen molar-refractivity contribution in [2.24, 2.45) is 0 Å². The molecule has 5 heteroatoms. The number of rotatable bonds is 3. The maximum absolute atomic E-state index is 8.88. The smallest absolute Gasteiger partial charge is 0.158 e. The molecule has 0 radical (unpaired) electrons. The molecule has 0 aliphatic heterocycles. The number of aliphatic hydroxyl groups excluding tert-OH is 1. The molecule has 0 aromatic carbocycles. The average molecular weight is 195 g/mol. The first-order chi connectivity index (χ1) is 6.77. The van der Waals surface area contributed by atoms with E-state index in [0.29, 0.717) is 12.2 Å². The minimum atomic E-state index is 0.0815. The third-order valence-electron chi connectivity index (χ3n) is 2.24. The van der Waals surface area contributed by atoms with Gasteiger partial charge in [0.25, 0.3) is 0 Å². The van der Waals surface area contributed by atoms with E-state index in [9.17, 15) is 0 Å².